The number of hydrogen-bond donors (Lipinski definition) is 1. The van der Waals surface area contributed by atoms with Gasteiger partial charge in [0.25, 0.3) is 0 Å². The molecule has 0 fully saturated rings. The highest BCUT2D eigenvalue weighted by molar-refractivity contribution is 5.67. The molecule has 2 heterocycles. The molecule has 2 aromatic heterocycles. The standard InChI is InChI=1S/C16H22N4/c1-6-18-14-11(2)13(12-7-9-17-10-8-12)19-15(20-14)16(3,4)5/h7-10H,6H2,1-5H3,(H,18,19,20). The highest BCUT2D eigenvalue weighted by Crippen LogP contribution is 2.29. The average Bonchev–Trinajstić information content (AvgIpc) is 2.41. The number of aromatic nitrogens is 3. The summed E-state index contributed by atoms with van der Waals surface area (Å²) < 4.78 is 0. The molecule has 2 aromatic rings. The van der Waals surface area contributed by atoms with Gasteiger partial charge in [-0.15, -0.1) is 0 Å². The lowest BCUT2D eigenvalue weighted by Crippen LogP contribution is -2.19. The van der Waals surface area contributed by atoms with Crippen molar-refractivity contribution in [3.63, 3.8) is 0 Å². The second-order valence-corrected chi connectivity index (χ2v) is 5.89. The smallest absolute Gasteiger partial charge is 0.136 e. The monoisotopic (exact) mass is 270 g/mol. The maximum absolute atomic E-state index is 4.78. The minimum absolute atomic E-state index is 0.0837. The Labute approximate surface area is 120 Å². The zero-order valence-electron chi connectivity index (χ0n) is 12.9. The van der Waals surface area contributed by atoms with Crippen molar-refractivity contribution in [2.45, 2.75) is 40.0 Å². The molecule has 0 aliphatic rings. The molecule has 2 rings (SSSR count). The summed E-state index contributed by atoms with van der Waals surface area (Å²) in [5.41, 5.74) is 3.04. The van der Waals surface area contributed by atoms with E-state index in [2.05, 4.69) is 49.9 Å². The average molecular weight is 270 g/mol. The summed E-state index contributed by atoms with van der Waals surface area (Å²) in [7, 11) is 0. The van der Waals surface area contributed by atoms with E-state index in [9.17, 15) is 0 Å². The zero-order chi connectivity index (χ0) is 14.8. The van der Waals surface area contributed by atoms with Crippen molar-refractivity contribution in [3.05, 3.63) is 35.9 Å². The van der Waals surface area contributed by atoms with Crippen molar-refractivity contribution >= 4 is 5.82 Å². The van der Waals surface area contributed by atoms with E-state index >= 15 is 0 Å². The van der Waals surface area contributed by atoms with E-state index in [-0.39, 0.29) is 5.41 Å². The maximum atomic E-state index is 4.78. The number of rotatable bonds is 3. The molecular formula is C16H22N4. The van der Waals surface area contributed by atoms with E-state index in [1.807, 2.05) is 12.1 Å². The minimum atomic E-state index is -0.0837. The van der Waals surface area contributed by atoms with Gasteiger partial charge in [0.15, 0.2) is 0 Å². The summed E-state index contributed by atoms with van der Waals surface area (Å²) >= 11 is 0. The summed E-state index contributed by atoms with van der Waals surface area (Å²) in [6.45, 7) is 11.4. The largest absolute Gasteiger partial charge is 0.370 e. The first-order valence-corrected chi connectivity index (χ1v) is 6.97. The van der Waals surface area contributed by atoms with Crippen LogP contribution in [-0.2, 0) is 5.41 Å². The van der Waals surface area contributed by atoms with Crippen LogP contribution in [0.4, 0.5) is 5.82 Å². The van der Waals surface area contributed by atoms with Crippen LogP contribution in [0.1, 0.15) is 39.1 Å². The Bertz CT molecular complexity index is 585. The van der Waals surface area contributed by atoms with E-state index in [1.54, 1.807) is 12.4 Å². The summed E-state index contributed by atoms with van der Waals surface area (Å²) in [6.07, 6.45) is 3.58. The van der Waals surface area contributed by atoms with Crippen LogP contribution in [0.3, 0.4) is 0 Å². The first kappa shape index (κ1) is 14.4. The molecule has 0 aliphatic carbocycles. The Kier molecular flexibility index (Phi) is 4.02. The van der Waals surface area contributed by atoms with Gasteiger partial charge in [-0.3, -0.25) is 4.98 Å². The fourth-order valence-corrected chi connectivity index (χ4v) is 1.98. The molecule has 0 radical (unpaired) electrons. The lowest BCUT2D eigenvalue weighted by molar-refractivity contribution is 0.546. The van der Waals surface area contributed by atoms with Crippen LogP contribution in [0.2, 0.25) is 0 Å². The molecule has 0 unspecified atom stereocenters. The number of pyridine rings is 1. The van der Waals surface area contributed by atoms with Gasteiger partial charge in [-0.25, -0.2) is 9.97 Å². The lowest BCUT2D eigenvalue weighted by Gasteiger charge is -2.20. The Morgan fingerprint density at radius 3 is 2.30 bits per heavy atom. The number of nitrogens with zero attached hydrogens (tertiary/aromatic N) is 3. The molecule has 0 saturated carbocycles. The third kappa shape index (κ3) is 2.95. The van der Waals surface area contributed by atoms with Crippen LogP contribution in [0.15, 0.2) is 24.5 Å². The number of hydrogen-bond acceptors (Lipinski definition) is 4. The fourth-order valence-electron chi connectivity index (χ4n) is 1.98. The summed E-state index contributed by atoms with van der Waals surface area (Å²) in [5.74, 6) is 1.77. The van der Waals surface area contributed by atoms with Crippen LogP contribution in [0.5, 0.6) is 0 Å². The molecular weight excluding hydrogens is 248 g/mol. The van der Waals surface area contributed by atoms with Crippen molar-refractivity contribution in [2.75, 3.05) is 11.9 Å². The van der Waals surface area contributed by atoms with Gasteiger partial charge in [-0.05, 0) is 26.0 Å². The second kappa shape index (κ2) is 5.57. The van der Waals surface area contributed by atoms with Crippen molar-refractivity contribution < 1.29 is 0 Å². The van der Waals surface area contributed by atoms with E-state index in [0.29, 0.717) is 0 Å². The highest BCUT2D eigenvalue weighted by atomic mass is 15.0. The molecule has 0 atom stereocenters. The zero-order valence-corrected chi connectivity index (χ0v) is 12.9. The predicted molar refractivity (Wildman–Crippen MR) is 82.9 cm³/mol. The molecule has 0 saturated heterocycles. The van der Waals surface area contributed by atoms with Crippen molar-refractivity contribution in [1.29, 1.82) is 0 Å². The fraction of sp³-hybridized carbons (Fsp3) is 0.438. The van der Waals surface area contributed by atoms with Gasteiger partial charge in [-0.1, -0.05) is 20.8 Å². The van der Waals surface area contributed by atoms with Gasteiger partial charge in [-0.2, -0.15) is 0 Å². The van der Waals surface area contributed by atoms with Gasteiger partial charge in [0.1, 0.15) is 11.6 Å². The summed E-state index contributed by atoms with van der Waals surface area (Å²) in [6, 6.07) is 3.97. The van der Waals surface area contributed by atoms with Gasteiger partial charge < -0.3 is 5.32 Å². The second-order valence-electron chi connectivity index (χ2n) is 5.89. The Hall–Kier alpha value is -1.97. The minimum Gasteiger partial charge on any atom is -0.370 e. The summed E-state index contributed by atoms with van der Waals surface area (Å²) in [5, 5.41) is 3.33. The molecule has 0 aliphatic heterocycles. The Morgan fingerprint density at radius 2 is 1.75 bits per heavy atom. The number of nitrogens with one attached hydrogen (secondary N) is 1. The van der Waals surface area contributed by atoms with Crippen molar-refractivity contribution in [1.82, 2.24) is 15.0 Å². The van der Waals surface area contributed by atoms with E-state index in [0.717, 1.165) is 35.0 Å². The molecule has 0 aromatic carbocycles. The third-order valence-corrected chi connectivity index (χ3v) is 3.11. The van der Waals surface area contributed by atoms with Crippen LogP contribution < -0.4 is 5.32 Å². The quantitative estimate of drug-likeness (QED) is 0.926. The first-order valence-electron chi connectivity index (χ1n) is 6.97. The van der Waals surface area contributed by atoms with E-state index in [1.165, 1.54) is 0 Å². The normalized spacial score (nSPS) is 11.4. The topological polar surface area (TPSA) is 50.7 Å². The molecule has 4 nitrogen and oxygen atoms in total. The van der Waals surface area contributed by atoms with Crippen LogP contribution in [-0.4, -0.2) is 21.5 Å². The van der Waals surface area contributed by atoms with Crippen molar-refractivity contribution in [2.24, 2.45) is 0 Å². The Balaban J connectivity index is 2.64. The Morgan fingerprint density at radius 1 is 1.10 bits per heavy atom. The van der Waals surface area contributed by atoms with Crippen LogP contribution in [0.25, 0.3) is 11.3 Å². The van der Waals surface area contributed by atoms with Gasteiger partial charge >= 0.3 is 0 Å². The molecule has 1 N–H and O–H groups in total. The molecule has 0 bridgehead atoms. The van der Waals surface area contributed by atoms with Gasteiger partial charge in [0.05, 0.1) is 5.69 Å². The van der Waals surface area contributed by atoms with E-state index in [4.69, 9.17) is 4.98 Å². The van der Waals surface area contributed by atoms with Crippen LogP contribution >= 0.6 is 0 Å². The molecule has 0 spiro atoms. The van der Waals surface area contributed by atoms with E-state index < -0.39 is 0 Å². The maximum Gasteiger partial charge on any atom is 0.136 e. The van der Waals surface area contributed by atoms with Crippen LogP contribution in [0, 0.1) is 6.92 Å². The van der Waals surface area contributed by atoms with Crippen molar-refractivity contribution in [3.8, 4) is 11.3 Å². The third-order valence-electron chi connectivity index (χ3n) is 3.11. The van der Waals surface area contributed by atoms with Gasteiger partial charge in [0.2, 0.25) is 0 Å². The molecule has 20 heavy (non-hydrogen) atoms. The molecule has 106 valence electrons. The van der Waals surface area contributed by atoms with Gasteiger partial charge in [0, 0.05) is 35.5 Å². The molecule has 0 amide bonds. The first-order chi connectivity index (χ1) is 9.43. The SMILES string of the molecule is CCNc1nc(C(C)(C)C)nc(-c2ccncc2)c1C. The summed E-state index contributed by atoms with van der Waals surface area (Å²) in [4.78, 5) is 13.5. The lowest BCUT2D eigenvalue weighted by atomic mass is 9.95. The number of anilines is 1. The highest BCUT2D eigenvalue weighted by Gasteiger charge is 2.21. The molecule has 4 heteroatoms. The predicted octanol–water partition coefficient (Wildman–Crippen LogP) is 3.58.